The van der Waals surface area contributed by atoms with Crippen molar-refractivity contribution in [3.05, 3.63) is 60.4 Å². The minimum Gasteiger partial charge on any atom is -0.264 e. The molecule has 1 aromatic heterocycles. The zero-order valence-corrected chi connectivity index (χ0v) is 11.1. The Kier molecular flexibility index (Phi) is 5.27. The van der Waals surface area contributed by atoms with Gasteiger partial charge in [-0.2, -0.15) is 0 Å². The fourth-order valence-electron chi connectivity index (χ4n) is 1.36. The van der Waals surface area contributed by atoms with Crippen molar-refractivity contribution in [1.82, 2.24) is 9.71 Å². The van der Waals surface area contributed by atoms with Gasteiger partial charge in [0.25, 0.3) is 0 Å². The number of aromatic nitrogens is 1. The van der Waals surface area contributed by atoms with Crippen LogP contribution in [-0.4, -0.2) is 13.4 Å². The van der Waals surface area contributed by atoms with Gasteiger partial charge in [0, 0.05) is 18.9 Å². The summed E-state index contributed by atoms with van der Waals surface area (Å²) in [5.74, 6) is 0. The van der Waals surface area contributed by atoms with Crippen LogP contribution in [0.5, 0.6) is 0 Å². The summed E-state index contributed by atoms with van der Waals surface area (Å²) in [7, 11) is -3.44. The Morgan fingerprint density at radius 3 is 2.39 bits per heavy atom. The van der Waals surface area contributed by atoms with Gasteiger partial charge in [0.2, 0.25) is 10.0 Å². The molecule has 1 aromatic carbocycles. The molecule has 4 nitrogen and oxygen atoms in total. The van der Waals surface area contributed by atoms with E-state index in [1.165, 1.54) is 0 Å². The Morgan fingerprint density at radius 1 is 1.06 bits per heavy atom. The number of hydrogen-bond donors (Lipinski definition) is 1. The first-order valence-corrected chi connectivity index (χ1v) is 6.60. The number of halogens is 1. The molecule has 1 heterocycles. The van der Waals surface area contributed by atoms with Crippen molar-refractivity contribution in [3.8, 4) is 0 Å². The second-order valence-electron chi connectivity index (χ2n) is 3.50. The molecule has 0 amide bonds. The van der Waals surface area contributed by atoms with Crippen LogP contribution < -0.4 is 4.72 Å². The molecule has 0 fully saturated rings. The highest BCUT2D eigenvalue weighted by Crippen LogP contribution is 2.08. The molecule has 0 atom stereocenters. The van der Waals surface area contributed by atoms with Crippen LogP contribution in [0.2, 0.25) is 0 Å². The Balaban J connectivity index is 0.00000162. The van der Waals surface area contributed by atoms with Gasteiger partial charge in [0.15, 0.2) is 0 Å². The average Bonchev–Trinajstić information content (AvgIpc) is 2.39. The molecule has 18 heavy (non-hydrogen) atoms. The molecule has 0 spiro atoms. The third-order valence-corrected chi connectivity index (χ3v) is 3.66. The molecule has 6 heteroatoms. The fourth-order valence-corrected chi connectivity index (χ4v) is 2.40. The molecule has 0 saturated carbocycles. The summed E-state index contributed by atoms with van der Waals surface area (Å²) in [5.41, 5.74) is 0.826. The van der Waals surface area contributed by atoms with Crippen molar-refractivity contribution in [1.29, 1.82) is 0 Å². The number of benzene rings is 1. The molecule has 2 aromatic rings. The zero-order chi connectivity index (χ0) is 12.1. The van der Waals surface area contributed by atoms with E-state index in [4.69, 9.17) is 0 Å². The summed E-state index contributed by atoms with van der Waals surface area (Å²) in [6.45, 7) is 0.241. The molecule has 0 unspecified atom stereocenters. The first kappa shape index (κ1) is 14.6. The number of nitrogens with one attached hydrogen (secondary N) is 1. The SMILES string of the molecule is Cl.O=S(=O)(NCc1cccnc1)c1ccccc1. The van der Waals surface area contributed by atoms with Crippen LogP contribution in [0.3, 0.4) is 0 Å². The molecule has 0 aliphatic heterocycles. The first-order valence-electron chi connectivity index (χ1n) is 5.12. The zero-order valence-electron chi connectivity index (χ0n) is 9.48. The van der Waals surface area contributed by atoms with E-state index in [0.29, 0.717) is 0 Å². The second kappa shape index (κ2) is 6.49. The van der Waals surface area contributed by atoms with Crippen LogP contribution in [0, 0.1) is 0 Å². The lowest BCUT2D eigenvalue weighted by atomic mass is 10.3. The summed E-state index contributed by atoms with van der Waals surface area (Å²) >= 11 is 0. The molecule has 0 aliphatic rings. The van der Waals surface area contributed by atoms with Gasteiger partial charge >= 0.3 is 0 Å². The highest BCUT2D eigenvalue weighted by atomic mass is 35.5. The van der Waals surface area contributed by atoms with Crippen LogP contribution in [0.25, 0.3) is 0 Å². The number of sulfonamides is 1. The van der Waals surface area contributed by atoms with E-state index in [1.807, 2.05) is 6.07 Å². The number of pyridine rings is 1. The molecule has 2 rings (SSSR count). The lowest BCUT2D eigenvalue weighted by Crippen LogP contribution is -2.23. The molecular formula is C12H13ClN2O2S. The molecule has 96 valence electrons. The minimum absolute atomic E-state index is 0. The van der Waals surface area contributed by atoms with Crippen LogP contribution in [0.15, 0.2) is 59.8 Å². The van der Waals surface area contributed by atoms with Gasteiger partial charge in [0.05, 0.1) is 4.90 Å². The maximum Gasteiger partial charge on any atom is 0.240 e. The standard InChI is InChI=1S/C12H12N2O2S.ClH/c15-17(16,12-6-2-1-3-7-12)14-10-11-5-4-8-13-9-11;/h1-9,14H,10H2;1H. The lowest BCUT2D eigenvalue weighted by molar-refractivity contribution is 0.581. The van der Waals surface area contributed by atoms with Gasteiger partial charge in [-0.15, -0.1) is 12.4 Å². The Labute approximate surface area is 113 Å². The summed E-state index contributed by atoms with van der Waals surface area (Å²) in [6, 6.07) is 11.9. The largest absolute Gasteiger partial charge is 0.264 e. The van der Waals surface area contributed by atoms with Crippen molar-refractivity contribution in [3.63, 3.8) is 0 Å². The summed E-state index contributed by atoms with van der Waals surface area (Å²) < 4.78 is 26.3. The predicted molar refractivity (Wildman–Crippen MR) is 72.0 cm³/mol. The highest BCUT2D eigenvalue weighted by Gasteiger charge is 2.12. The Hall–Kier alpha value is -1.43. The van der Waals surface area contributed by atoms with E-state index < -0.39 is 10.0 Å². The molecule has 1 N–H and O–H groups in total. The maximum absolute atomic E-state index is 11.9. The van der Waals surface area contributed by atoms with Crippen molar-refractivity contribution in [2.75, 3.05) is 0 Å². The third kappa shape index (κ3) is 3.80. The van der Waals surface area contributed by atoms with E-state index in [0.717, 1.165) is 5.56 Å². The van der Waals surface area contributed by atoms with Gasteiger partial charge < -0.3 is 0 Å². The highest BCUT2D eigenvalue weighted by molar-refractivity contribution is 7.89. The van der Waals surface area contributed by atoms with Gasteiger partial charge in [0.1, 0.15) is 0 Å². The van der Waals surface area contributed by atoms with Gasteiger partial charge in [-0.25, -0.2) is 13.1 Å². The number of rotatable bonds is 4. The van der Waals surface area contributed by atoms with Gasteiger partial charge in [-0.3, -0.25) is 4.98 Å². The molecule has 0 radical (unpaired) electrons. The van der Waals surface area contributed by atoms with Crippen LogP contribution in [0.1, 0.15) is 5.56 Å². The Morgan fingerprint density at radius 2 is 1.78 bits per heavy atom. The van der Waals surface area contributed by atoms with E-state index in [1.54, 1.807) is 48.8 Å². The van der Waals surface area contributed by atoms with Crippen LogP contribution >= 0.6 is 12.4 Å². The van der Waals surface area contributed by atoms with E-state index in [9.17, 15) is 8.42 Å². The summed E-state index contributed by atoms with van der Waals surface area (Å²) in [6.07, 6.45) is 3.28. The van der Waals surface area contributed by atoms with Crippen molar-refractivity contribution >= 4 is 22.4 Å². The maximum atomic E-state index is 11.9. The van der Waals surface area contributed by atoms with Crippen LogP contribution in [0.4, 0.5) is 0 Å². The van der Waals surface area contributed by atoms with Gasteiger partial charge in [-0.05, 0) is 23.8 Å². The van der Waals surface area contributed by atoms with E-state index >= 15 is 0 Å². The smallest absolute Gasteiger partial charge is 0.240 e. The van der Waals surface area contributed by atoms with Crippen LogP contribution in [-0.2, 0) is 16.6 Å². The lowest BCUT2D eigenvalue weighted by Gasteiger charge is -2.06. The summed E-state index contributed by atoms with van der Waals surface area (Å²) in [4.78, 5) is 4.19. The molecule has 0 bridgehead atoms. The predicted octanol–water partition coefficient (Wildman–Crippen LogP) is 1.98. The van der Waals surface area contributed by atoms with E-state index in [2.05, 4.69) is 9.71 Å². The number of hydrogen-bond acceptors (Lipinski definition) is 3. The molecule has 0 aliphatic carbocycles. The second-order valence-corrected chi connectivity index (χ2v) is 5.27. The normalized spacial score (nSPS) is 10.7. The summed E-state index contributed by atoms with van der Waals surface area (Å²) in [5, 5.41) is 0. The number of nitrogens with zero attached hydrogens (tertiary/aromatic N) is 1. The van der Waals surface area contributed by atoms with Gasteiger partial charge in [-0.1, -0.05) is 24.3 Å². The monoisotopic (exact) mass is 284 g/mol. The minimum atomic E-state index is -3.44. The first-order chi connectivity index (χ1) is 8.18. The quantitative estimate of drug-likeness (QED) is 0.934. The third-order valence-electron chi connectivity index (χ3n) is 2.24. The van der Waals surface area contributed by atoms with Crippen molar-refractivity contribution < 1.29 is 8.42 Å². The van der Waals surface area contributed by atoms with E-state index in [-0.39, 0.29) is 23.8 Å². The average molecular weight is 285 g/mol. The molecule has 0 saturated heterocycles. The topological polar surface area (TPSA) is 59.1 Å². The Bertz CT molecular complexity index is 574. The van der Waals surface area contributed by atoms with Crippen molar-refractivity contribution in [2.24, 2.45) is 0 Å². The van der Waals surface area contributed by atoms with Crippen molar-refractivity contribution in [2.45, 2.75) is 11.4 Å². The fraction of sp³-hybridized carbons (Fsp3) is 0.0833. The molecular weight excluding hydrogens is 272 g/mol.